The molecule has 21 heavy (non-hydrogen) atoms. The van der Waals surface area contributed by atoms with Gasteiger partial charge in [0.2, 0.25) is 5.91 Å². The maximum atomic E-state index is 12.2. The van der Waals surface area contributed by atoms with Gasteiger partial charge in [-0.2, -0.15) is 0 Å². The number of aryl methyl sites for hydroxylation is 1. The van der Waals surface area contributed by atoms with E-state index in [1.165, 1.54) is 6.42 Å². The molecule has 1 aromatic heterocycles. The molecule has 1 aromatic rings. The normalized spacial score (nSPS) is 14.9. The number of hydrogen-bond acceptors (Lipinski definition) is 5. The Kier molecular flexibility index (Phi) is 5.36. The maximum Gasteiger partial charge on any atom is 0.241 e. The van der Waals surface area contributed by atoms with Crippen LogP contribution in [0.25, 0.3) is 0 Å². The van der Waals surface area contributed by atoms with Gasteiger partial charge in [0, 0.05) is 32.1 Å². The van der Waals surface area contributed by atoms with Gasteiger partial charge in [-0.15, -0.1) is 0 Å². The Labute approximate surface area is 126 Å². The smallest absolute Gasteiger partial charge is 0.241 e. The van der Waals surface area contributed by atoms with Crippen LogP contribution in [0, 0.1) is 6.92 Å². The van der Waals surface area contributed by atoms with Gasteiger partial charge in [0.05, 0.1) is 6.54 Å². The van der Waals surface area contributed by atoms with Crippen molar-refractivity contribution in [2.24, 2.45) is 0 Å². The molecule has 0 aliphatic carbocycles. The predicted molar refractivity (Wildman–Crippen MR) is 84.6 cm³/mol. The first-order valence-electron chi connectivity index (χ1n) is 7.72. The first-order chi connectivity index (χ1) is 10.2. The number of rotatable bonds is 5. The van der Waals surface area contributed by atoms with E-state index in [1.807, 2.05) is 25.8 Å². The van der Waals surface area contributed by atoms with Crippen molar-refractivity contribution in [3.05, 3.63) is 11.4 Å². The Balaban J connectivity index is 2.03. The standard InChI is InChI=1S/C15H25N5O/c1-4-12-18-14(16-3)11(2)15(19-12)17-10-13(21)20-8-6-5-7-9-20/h4-10H2,1-3H3,(H2,16,17,18,19). The Morgan fingerprint density at radius 3 is 2.48 bits per heavy atom. The van der Waals surface area contributed by atoms with Gasteiger partial charge >= 0.3 is 0 Å². The Morgan fingerprint density at radius 1 is 1.19 bits per heavy atom. The molecule has 1 saturated heterocycles. The monoisotopic (exact) mass is 291 g/mol. The number of piperidine rings is 1. The second-order valence-corrected chi connectivity index (χ2v) is 5.36. The number of anilines is 2. The molecule has 1 aliphatic heterocycles. The fraction of sp³-hybridized carbons (Fsp3) is 0.667. The largest absolute Gasteiger partial charge is 0.373 e. The summed E-state index contributed by atoms with van der Waals surface area (Å²) in [7, 11) is 1.84. The van der Waals surface area contributed by atoms with Crippen LogP contribution in [0.4, 0.5) is 11.6 Å². The first-order valence-corrected chi connectivity index (χ1v) is 7.72. The van der Waals surface area contributed by atoms with E-state index in [2.05, 4.69) is 20.6 Å². The molecule has 2 N–H and O–H groups in total. The van der Waals surface area contributed by atoms with Crippen molar-refractivity contribution in [3.63, 3.8) is 0 Å². The zero-order valence-electron chi connectivity index (χ0n) is 13.2. The van der Waals surface area contributed by atoms with E-state index in [9.17, 15) is 4.79 Å². The van der Waals surface area contributed by atoms with Crippen molar-refractivity contribution in [1.29, 1.82) is 0 Å². The minimum Gasteiger partial charge on any atom is -0.373 e. The molecule has 1 aliphatic rings. The van der Waals surface area contributed by atoms with Crippen LogP contribution >= 0.6 is 0 Å². The fourth-order valence-corrected chi connectivity index (χ4v) is 2.55. The van der Waals surface area contributed by atoms with Gasteiger partial charge in [0.15, 0.2) is 0 Å². The summed E-state index contributed by atoms with van der Waals surface area (Å²) in [5.74, 6) is 2.49. The van der Waals surface area contributed by atoms with Crippen LogP contribution in [0.15, 0.2) is 0 Å². The van der Waals surface area contributed by atoms with Crippen molar-refractivity contribution >= 4 is 17.5 Å². The van der Waals surface area contributed by atoms with Gasteiger partial charge < -0.3 is 15.5 Å². The number of likely N-dealkylation sites (tertiary alicyclic amines) is 1. The SMILES string of the molecule is CCc1nc(NC)c(C)c(NCC(=O)N2CCCCC2)n1. The van der Waals surface area contributed by atoms with Crippen LogP contribution in [0.3, 0.4) is 0 Å². The van der Waals surface area contributed by atoms with E-state index in [-0.39, 0.29) is 5.91 Å². The van der Waals surface area contributed by atoms with E-state index >= 15 is 0 Å². The van der Waals surface area contributed by atoms with Gasteiger partial charge in [-0.1, -0.05) is 6.92 Å². The molecule has 0 saturated carbocycles. The summed E-state index contributed by atoms with van der Waals surface area (Å²) < 4.78 is 0. The lowest BCUT2D eigenvalue weighted by molar-refractivity contribution is -0.130. The van der Waals surface area contributed by atoms with Crippen LogP contribution < -0.4 is 10.6 Å². The summed E-state index contributed by atoms with van der Waals surface area (Å²) in [4.78, 5) is 23.0. The third kappa shape index (κ3) is 3.83. The van der Waals surface area contributed by atoms with Crippen molar-refractivity contribution in [1.82, 2.24) is 14.9 Å². The lowest BCUT2D eigenvalue weighted by Crippen LogP contribution is -2.39. The van der Waals surface area contributed by atoms with Crippen molar-refractivity contribution in [2.45, 2.75) is 39.5 Å². The molecule has 1 fully saturated rings. The molecule has 0 unspecified atom stereocenters. The quantitative estimate of drug-likeness (QED) is 0.866. The van der Waals surface area contributed by atoms with Crippen LogP contribution in [-0.2, 0) is 11.2 Å². The summed E-state index contributed by atoms with van der Waals surface area (Å²) in [6.45, 7) is 6.03. The zero-order valence-corrected chi connectivity index (χ0v) is 13.2. The van der Waals surface area contributed by atoms with Crippen molar-refractivity contribution in [3.8, 4) is 0 Å². The molecule has 0 spiro atoms. The highest BCUT2D eigenvalue weighted by atomic mass is 16.2. The molecule has 6 nitrogen and oxygen atoms in total. The molecule has 116 valence electrons. The second-order valence-electron chi connectivity index (χ2n) is 5.36. The second kappa shape index (κ2) is 7.24. The van der Waals surface area contributed by atoms with E-state index in [0.717, 1.165) is 55.4 Å². The van der Waals surface area contributed by atoms with E-state index < -0.39 is 0 Å². The molecular formula is C15H25N5O. The molecule has 0 bridgehead atoms. The fourth-order valence-electron chi connectivity index (χ4n) is 2.55. The summed E-state index contributed by atoms with van der Waals surface area (Å²) in [5, 5.41) is 6.25. The molecule has 0 radical (unpaired) electrons. The number of aromatic nitrogens is 2. The van der Waals surface area contributed by atoms with E-state index in [4.69, 9.17) is 0 Å². The summed E-state index contributed by atoms with van der Waals surface area (Å²) in [6, 6.07) is 0. The highest BCUT2D eigenvalue weighted by molar-refractivity contribution is 5.81. The van der Waals surface area contributed by atoms with Crippen LogP contribution in [-0.4, -0.2) is 47.5 Å². The lowest BCUT2D eigenvalue weighted by Gasteiger charge is -2.27. The molecule has 6 heteroatoms. The third-order valence-corrected chi connectivity index (χ3v) is 3.86. The minimum atomic E-state index is 0.150. The Morgan fingerprint density at radius 2 is 1.86 bits per heavy atom. The topological polar surface area (TPSA) is 70.2 Å². The summed E-state index contributed by atoms with van der Waals surface area (Å²) in [5.41, 5.74) is 0.946. The molecule has 0 atom stereocenters. The van der Waals surface area contributed by atoms with Crippen molar-refractivity contribution in [2.75, 3.05) is 37.3 Å². The number of hydrogen-bond donors (Lipinski definition) is 2. The maximum absolute atomic E-state index is 12.2. The first kappa shape index (κ1) is 15.5. The number of carbonyl (C=O) groups is 1. The zero-order chi connectivity index (χ0) is 15.2. The Bertz CT molecular complexity index is 497. The molecule has 2 heterocycles. The van der Waals surface area contributed by atoms with Crippen LogP contribution in [0.2, 0.25) is 0 Å². The van der Waals surface area contributed by atoms with Crippen LogP contribution in [0.1, 0.15) is 37.6 Å². The average molecular weight is 291 g/mol. The molecule has 0 aromatic carbocycles. The van der Waals surface area contributed by atoms with Gasteiger partial charge in [0.1, 0.15) is 17.5 Å². The van der Waals surface area contributed by atoms with Gasteiger partial charge in [-0.05, 0) is 26.2 Å². The number of nitrogens with one attached hydrogen (secondary N) is 2. The van der Waals surface area contributed by atoms with Gasteiger partial charge in [0.25, 0.3) is 0 Å². The van der Waals surface area contributed by atoms with Crippen molar-refractivity contribution < 1.29 is 4.79 Å². The number of nitrogens with zero attached hydrogens (tertiary/aromatic N) is 3. The molecular weight excluding hydrogens is 266 g/mol. The minimum absolute atomic E-state index is 0.150. The highest BCUT2D eigenvalue weighted by Gasteiger charge is 2.17. The average Bonchev–Trinajstić information content (AvgIpc) is 2.54. The van der Waals surface area contributed by atoms with Gasteiger partial charge in [-0.25, -0.2) is 9.97 Å². The summed E-state index contributed by atoms with van der Waals surface area (Å²) >= 11 is 0. The van der Waals surface area contributed by atoms with E-state index in [0.29, 0.717) is 6.54 Å². The molecule has 2 rings (SSSR count). The highest BCUT2D eigenvalue weighted by Crippen LogP contribution is 2.19. The number of carbonyl (C=O) groups excluding carboxylic acids is 1. The number of amides is 1. The summed E-state index contributed by atoms with van der Waals surface area (Å²) in [6.07, 6.45) is 4.22. The van der Waals surface area contributed by atoms with Crippen LogP contribution in [0.5, 0.6) is 0 Å². The Hall–Kier alpha value is -1.85. The van der Waals surface area contributed by atoms with Gasteiger partial charge in [-0.3, -0.25) is 4.79 Å². The predicted octanol–water partition coefficient (Wildman–Crippen LogP) is 1.81. The van der Waals surface area contributed by atoms with E-state index in [1.54, 1.807) is 0 Å². The lowest BCUT2D eigenvalue weighted by atomic mass is 10.1. The third-order valence-electron chi connectivity index (χ3n) is 3.86. The molecule has 1 amide bonds.